The molecule has 0 radical (unpaired) electrons. The molecule has 0 aliphatic rings. The molecule has 5 N–H and O–H groups in total. The van der Waals surface area contributed by atoms with Gasteiger partial charge in [0.05, 0.1) is 0 Å². The Morgan fingerprint density at radius 2 is 1.15 bits per heavy atom. The summed E-state index contributed by atoms with van der Waals surface area (Å²) in [5.74, 6) is 1.01. The molecule has 4 rings (SSSR count). The van der Waals surface area contributed by atoms with Crippen molar-refractivity contribution in [3.8, 4) is 17.2 Å². The number of aromatic hydroxyl groups is 1. The van der Waals surface area contributed by atoms with Crippen LogP contribution in [0.25, 0.3) is 0 Å². The molecule has 0 aromatic heterocycles. The second-order valence-electron chi connectivity index (χ2n) is 12.1. The van der Waals surface area contributed by atoms with Gasteiger partial charge in [0.15, 0.2) is 0 Å². The van der Waals surface area contributed by atoms with Crippen LogP contribution >= 0.6 is 7.60 Å². The molecule has 0 aliphatic heterocycles. The monoisotopic (exact) mass is 558 g/mol. The van der Waals surface area contributed by atoms with Gasteiger partial charge in [-0.15, -0.1) is 0 Å². The number of para-hydroxylation sites is 2. The van der Waals surface area contributed by atoms with Crippen LogP contribution in [0.4, 0.5) is 11.4 Å². The molecule has 6 nitrogen and oxygen atoms in total. The SMILES string of the molecule is CC(C)(C)c1cc(C(c2ccc(N)cc2N)P(=O)(Oc2ccccc2)Oc2ccccc2)cc(C(C)(C)C)c1O. The number of benzene rings is 4. The zero-order valence-corrected chi connectivity index (χ0v) is 24.9. The highest BCUT2D eigenvalue weighted by molar-refractivity contribution is 7.55. The third kappa shape index (κ3) is 6.29. The van der Waals surface area contributed by atoms with E-state index < -0.39 is 24.1 Å². The van der Waals surface area contributed by atoms with Crippen molar-refractivity contribution in [3.63, 3.8) is 0 Å². The van der Waals surface area contributed by atoms with Crippen molar-refractivity contribution in [2.24, 2.45) is 0 Å². The number of nitrogen functional groups attached to an aromatic ring is 2. The van der Waals surface area contributed by atoms with Gasteiger partial charge < -0.3 is 25.6 Å². The fourth-order valence-corrected chi connectivity index (χ4v) is 6.88. The molecule has 210 valence electrons. The number of nitrogens with two attached hydrogens (primary N) is 2. The van der Waals surface area contributed by atoms with Crippen molar-refractivity contribution in [2.75, 3.05) is 11.5 Å². The molecular formula is C33H39N2O4P. The molecule has 0 heterocycles. The molecule has 0 bridgehead atoms. The zero-order chi connectivity index (χ0) is 29.3. The summed E-state index contributed by atoms with van der Waals surface area (Å²) in [6.45, 7) is 12.2. The molecule has 4 aromatic rings. The summed E-state index contributed by atoms with van der Waals surface area (Å²) in [4.78, 5) is 0. The number of phenols is 1. The summed E-state index contributed by atoms with van der Waals surface area (Å²) >= 11 is 0. The van der Waals surface area contributed by atoms with E-state index in [9.17, 15) is 5.11 Å². The van der Waals surface area contributed by atoms with Crippen LogP contribution in [0.1, 0.15) is 69.5 Å². The predicted molar refractivity (Wildman–Crippen MR) is 164 cm³/mol. The van der Waals surface area contributed by atoms with Gasteiger partial charge in [-0.2, -0.15) is 0 Å². The van der Waals surface area contributed by atoms with Gasteiger partial charge in [0.2, 0.25) is 0 Å². The zero-order valence-electron chi connectivity index (χ0n) is 24.0. The lowest BCUT2D eigenvalue weighted by Gasteiger charge is -2.33. The van der Waals surface area contributed by atoms with Crippen LogP contribution in [0.3, 0.4) is 0 Å². The number of hydrogen-bond acceptors (Lipinski definition) is 6. The van der Waals surface area contributed by atoms with Gasteiger partial charge in [0, 0.05) is 11.4 Å². The smallest absolute Gasteiger partial charge is 0.442 e. The highest BCUT2D eigenvalue weighted by atomic mass is 31.2. The number of hydrogen-bond donors (Lipinski definition) is 3. The molecule has 7 heteroatoms. The number of anilines is 2. The maximum Gasteiger partial charge on any atom is 0.442 e. The van der Waals surface area contributed by atoms with Crippen LogP contribution in [0.2, 0.25) is 0 Å². The third-order valence-corrected chi connectivity index (χ3v) is 8.88. The number of rotatable bonds is 7. The van der Waals surface area contributed by atoms with E-state index in [2.05, 4.69) is 0 Å². The lowest BCUT2D eigenvalue weighted by Crippen LogP contribution is -2.20. The molecule has 1 unspecified atom stereocenters. The molecule has 0 saturated heterocycles. The third-order valence-electron chi connectivity index (χ3n) is 6.74. The van der Waals surface area contributed by atoms with E-state index in [0.717, 1.165) is 11.1 Å². The molecule has 0 amide bonds. The normalized spacial score (nSPS) is 13.1. The molecule has 40 heavy (non-hydrogen) atoms. The quantitative estimate of drug-likeness (QED) is 0.155. The maximum absolute atomic E-state index is 15.3. The molecule has 4 aromatic carbocycles. The predicted octanol–water partition coefficient (Wildman–Crippen LogP) is 8.59. The summed E-state index contributed by atoms with van der Waals surface area (Å²) in [6.07, 6.45) is 0. The van der Waals surface area contributed by atoms with Crippen molar-refractivity contribution >= 4 is 19.0 Å². The van der Waals surface area contributed by atoms with E-state index in [0.29, 0.717) is 34.0 Å². The summed E-state index contributed by atoms with van der Waals surface area (Å²) < 4.78 is 28.0. The van der Waals surface area contributed by atoms with Crippen molar-refractivity contribution in [3.05, 3.63) is 113 Å². The van der Waals surface area contributed by atoms with Gasteiger partial charge in [-0.3, -0.25) is 0 Å². The van der Waals surface area contributed by atoms with E-state index in [1.54, 1.807) is 42.5 Å². The summed E-state index contributed by atoms with van der Waals surface area (Å²) in [5, 5.41) is 11.4. The highest BCUT2D eigenvalue weighted by Crippen LogP contribution is 2.64. The Balaban J connectivity index is 2.07. The first-order chi connectivity index (χ1) is 18.7. The Morgan fingerprint density at radius 3 is 1.55 bits per heavy atom. The van der Waals surface area contributed by atoms with Gasteiger partial charge in [0.1, 0.15) is 22.9 Å². The largest absolute Gasteiger partial charge is 0.507 e. The first-order valence-corrected chi connectivity index (χ1v) is 14.9. The minimum absolute atomic E-state index is 0.218. The summed E-state index contributed by atoms with van der Waals surface area (Å²) in [6, 6.07) is 26.8. The minimum Gasteiger partial charge on any atom is -0.507 e. The van der Waals surface area contributed by atoms with Gasteiger partial charge in [-0.05, 0) is 69.5 Å². The van der Waals surface area contributed by atoms with Crippen molar-refractivity contribution in [2.45, 2.75) is 58.0 Å². The Hall–Kier alpha value is -3.89. The second kappa shape index (κ2) is 10.9. The van der Waals surface area contributed by atoms with Crippen LogP contribution in [-0.2, 0) is 15.4 Å². The van der Waals surface area contributed by atoms with Crippen LogP contribution < -0.4 is 20.5 Å². The molecule has 1 atom stereocenters. The van der Waals surface area contributed by atoms with Crippen LogP contribution in [0.15, 0.2) is 91.0 Å². The van der Waals surface area contributed by atoms with Gasteiger partial charge in [0.25, 0.3) is 0 Å². The summed E-state index contributed by atoms with van der Waals surface area (Å²) in [5.41, 5.74) is 14.3. The van der Waals surface area contributed by atoms with Crippen LogP contribution in [0.5, 0.6) is 17.2 Å². The molecule has 0 fully saturated rings. The van der Waals surface area contributed by atoms with Gasteiger partial charge in [-0.25, -0.2) is 4.57 Å². The van der Waals surface area contributed by atoms with E-state index in [-0.39, 0.29) is 5.75 Å². The lowest BCUT2D eigenvalue weighted by molar-refractivity contribution is 0.377. The van der Waals surface area contributed by atoms with Crippen molar-refractivity contribution in [1.29, 1.82) is 0 Å². The Labute approximate surface area is 237 Å². The minimum atomic E-state index is -4.12. The van der Waals surface area contributed by atoms with E-state index >= 15 is 4.57 Å². The molecule has 0 saturated carbocycles. The standard InChI is InChI=1S/C33H39N2O4P/c1-32(2,3)27-19-22(20-28(30(27)36)33(4,5)6)31(26-18-17-23(34)21-29(26)35)40(37,38-24-13-9-7-10-14-24)39-25-15-11-8-12-16-25/h7-21,31,36H,34-35H2,1-6H3. The van der Waals surface area contributed by atoms with E-state index in [1.165, 1.54) is 0 Å². The highest BCUT2D eigenvalue weighted by Gasteiger charge is 2.44. The Kier molecular flexibility index (Phi) is 7.96. The average Bonchev–Trinajstić information content (AvgIpc) is 2.86. The molecule has 0 aliphatic carbocycles. The fraction of sp³-hybridized carbons (Fsp3) is 0.273. The average molecular weight is 559 g/mol. The van der Waals surface area contributed by atoms with Gasteiger partial charge in [-0.1, -0.05) is 96.1 Å². The van der Waals surface area contributed by atoms with E-state index in [4.69, 9.17) is 20.5 Å². The first kappa shape index (κ1) is 29.1. The maximum atomic E-state index is 15.3. The van der Waals surface area contributed by atoms with Gasteiger partial charge >= 0.3 is 7.60 Å². The fourth-order valence-electron chi connectivity index (χ4n) is 4.71. The van der Waals surface area contributed by atoms with Crippen LogP contribution in [-0.4, -0.2) is 5.11 Å². The summed E-state index contributed by atoms with van der Waals surface area (Å²) in [7, 11) is -4.12. The van der Waals surface area contributed by atoms with E-state index in [1.807, 2.05) is 90.1 Å². The molecular weight excluding hydrogens is 519 g/mol. The Bertz CT molecular complexity index is 1440. The first-order valence-electron chi connectivity index (χ1n) is 13.3. The lowest BCUT2D eigenvalue weighted by atomic mass is 9.78. The van der Waals surface area contributed by atoms with Crippen LogP contribution in [0, 0.1) is 0 Å². The number of phenolic OH excluding ortho intramolecular Hbond substituents is 1. The second-order valence-corrected chi connectivity index (χ2v) is 14.1. The molecule has 0 spiro atoms. The Morgan fingerprint density at radius 1 is 0.700 bits per heavy atom. The topological polar surface area (TPSA) is 108 Å². The van der Waals surface area contributed by atoms with Crippen molar-refractivity contribution < 1.29 is 18.7 Å². The van der Waals surface area contributed by atoms with Crippen molar-refractivity contribution in [1.82, 2.24) is 0 Å².